The summed E-state index contributed by atoms with van der Waals surface area (Å²) in [5, 5.41) is 3.07. The lowest BCUT2D eigenvalue weighted by Crippen LogP contribution is -2.35. The predicted octanol–water partition coefficient (Wildman–Crippen LogP) is 1.84. The number of rotatable bonds is 3. The third-order valence-electron chi connectivity index (χ3n) is 3.77. The quantitative estimate of drug-likeness (QED) is 0.855. The van der Waals surface area contributed by atoms with Gasteiger partial charge in [-0.1, -0.05) is 18.2 Å². The lowest BCUT2D eigenvalue weighted by molar-refractivity contribution is -0.121. The predicted molar refractivity (Wildman–Crippen MR) is 73.4 cm³/mol. The van der Waals surface area contributed by atoms with Crippen LogP contribution in [0.1, 0.15) is 36.0 Å². The van der Waals surface area contributed by atoms with Gasteiger partial charge >= 0.3 is 0 Å². The number of benzene rings is 1. The van der Waals surface area contributed by atoms with Crippen LogP contribution in [0.25, 0.3) is 0 Å². The number of carbonyl (C=O) groups excluding carboxylic acids is 1. The molecule has 0 saturated heterocycles. The molecule has 1 fully saturated rings. The molecule has 0 heterocycles. The van der Waals surface area contributed by atoms with Crippen molar-refractivity contribution in [3.05, 3.63) is 34.9 Å². The van der Waals surface area contributed by atoms with Crippen LogP contribution in [0.2, 0.25) is 0 Å². The van der Waals surface area contributed by atoms with Crippen molar-refractivity contribution < 1.29 is 4.79 Å². The van der Waals surface area contributed by atoms with E-state index < -0.39 is 0 Å². The van der Waals surface area contributed by atoms with Crippen LogP contribution in [-0.4, -0.2) is 18.0 Å². The van der Waals surface area contributed by atoms with E-state index in [9.17, 15) is 4.79 Å². The standard InChI is InChI=1S/C15H22N2O/c1-10-3-4-12(7-11(10)2)8-15(18)17-14-6-5-13(16)9-14/h3-4,7,13-14H,5-6,8-9,16H2,1-2H3,(H,17,18). The maximum absolute atomic E-state index is 11.9. The van der Waals surface area contributed by atoms with E-state index in [-0.39, 0.29) is 18.0 Å². The van der Waals surface area contributed by atoms with Crippen molar-refractivity contribution in [2.24, 2.45) is 5.73 Å². The first-order valence-corrected chi connectivity index (χ1v) is 6.65. The summed E-state index contributed by atoms with van der Waals surface area (Å²) in [5.74, 6) is 0.109. The molecule has 1 aromatic rings. The minimum atomic E-state index is 0.109. The molecule has 98 valence electrons. The van der Waals surface area contributed by atoms with E-state index in [2.05, 4.69) is 31.3 Å². The van der Waals surface area contributed by atoms with Crippen LogP contribution in [0.15, 0.2) is 18.2 Å². The molecule has 0 aromatic heterocycles. The molecule has 1 amide bonds. The van der Waals surface area contributed by atoms with Crippen LogP contribution >= 0.6 is 0 Å². The van der Waals surface area contributed by atoms with Gasteiger partial charge in [-0.05, 0) is 49.8 Å². The molecular formula is C15H22N2O. The van der Waals surface area contributed by atoms with Crippen LogP contribution < -0.4 is 11.1 Å². The highest BCUT2D eigenvalue weighted by Crippen LogP contribution is 2.17. The average molecular weight is 246 g/mol. The maximum Gasteiger partial charge on any atom is 0.224 e. The zero-order chi connectivity index (χ0) is 13.1. The van der Waals surface area contributed by atoms with E-state index in [1.165, 1.54) is 11.1 Å². The van der Waals surface area contributed by atoms with E-state index >= 15 is 0 Å². The topological polar surface area (TPSA) is 55.1 Å². The van der Waals surface area contributed by atoms with Gasteiger partial charge in [-0.25, -0.2) is 0 Å². The Morgan fingerprint density at radius 3 is 2.72 bits per heavy atom. The summed E-state index contributed by atoms with van der Waals surface area (Å²) in [5.41, 5.74) is 9.42. The van der Waals surface area contributed by atoms with Gasteiger partial charge in [-0.3, -0.25) is 4.79 Å². The molecule has 2 rings (SSSR count). The summed E-state index contributed by atoms with van der Waals surface area (Å²) in [6.07, 6.45) is 3.42. The molecule has 0 aliphatic heterocycles. The molecule has 2 atom stereocenters. The summed E-state index contributed by atoms with van der Waals surface area (Å²) in [6, 6.07) is 6.73. The van der Waals surface area contributed by atoms with Crippen molar-refractivity contribution in [1.82, 2.24) is 5.32 Å². The molecule has 0 radical (unpaired) electrons. The number of nitrogens with two attached hydrogens (primary N) is 1. The first-order valence-electron chi connectivity index (χ1n) is 6.65. The van der Waals surface area contributed by atoms with Crippen molar-refractivity contribution in [3.63, 3.8) is 0 Å². The number of hydrogen-bond donors (Lipinski definition) is 2. The fraction of sp³-hybridized carbons (Fsp3) is 0.533. The van der Waals surface area contributed by atoms with Gasteiger partial charge in [0.25, 0.3) is 0 Å². The SMILES string of the molecule is Cc1ccc(CC(=O)NC2CCC(N)C2)cc1C. The Labute approximate surface area is 109 Å². The average Bonchev–Trinajstić information content (AvgIpc) is 2.69. The third kappa shape index (κ3) is 3.33. The number of nitrogens with one attached hydrogen (secondary N) is 1. The highest BCUT2D eigenvalue weighted by atomic mass is 16.1. The van der Waals surface area contributed by atoms with Gasteiger partial charge in [0.1, 0.15) is 0 Å². The van der Waals surface area contributed by atoms with Crippen LogP contribution in [0.4, 0.5) is 0 Å². The van der Waals surface area contributed by atoms with Gasteiger partial charge in [0, 0.05) is 12.1 Å². The fourth-order valence-electron chi connectivity index (χ4n) is 2.53. The van der Waals surface area contributed by atoms with Crippen molar-refractivity contribution in [1.29, 1.82) is 0 Å². The van der Waals surface area contributed by atoms with Gasteiger partial charge in [0.2, 0.25) is 5.91 Å². The van der Waals surface area contributed by atoms with E-state index in [0.29, 0.717) is 6.42 Å². The Morgan fingerprint density at radius 2 is 2.11 bits per heavy atom. The van der Waals surface area contributed by atoms with Crippen LogP contribution in [-0.2, 0) is 11.2 Å². The van der Waals surface area contributed by atoms with E-state index in [4.69, 9.17) is 5.73 Å². The molecule has 1 aliphatic carbocycles. The van der Waals surface area contributed by atoms with Gasteiger partial charge in [0.05, 0.1) is 6.42 Å². The molecule has 2 unspecified atom stereocenters. The summed E-state index contributed by atoms with van der Waals surface area (Å²) < 4.78 is 0. The second-order valence-corrected chi connectivity index (χ2v) is 5.43. The Hall–Kier alpha value is -1.35. The second kappa shape index (κ2) is 5.53. The largest absolute Gasteiger partial charge is 0.353 e. The Morgan fingerprint density at radius 1 is 1.33 bits per heavy atom. The summed E-state index contributed by atoms with van der Waals surface area (Å²) >= 11 is 0. The van der Waals surface area contributed by atoms with Crippen molar-refractivity contribution in [2.75, 3.05) is 0 Å². The van der Waals surface area contributed by atoms with Crippen LogP contribution in [0, 0.1) is 13.8 Å². The Balaban J connectivity index is 1.89. The first-order chi connectivity index (χ1) is 8.54. The van der Waals surface area contributed by atoms with Gasteiger partial charge in [-0.2, -0.15) is 0 Å². The molecule has 0 spiro atoms. The van der Waals surface area contributed by atoms with Crippen molar-refractivity contribution in [3.8, 4) is 0 Å². The molecule has 1 saturated carbocycles. The summed E-state index contributed by atoms with van der Waals surface area (Å²) in [6.45, 7) is 4.16. The molecular weight excluding hydrogens is 224 g/mol. The maximum atomic E-state index is 11.9. The smallest absolute Gasteiger partial charge is 0.224 e. The normalized spacial score (nSPS) is 23.1. The first kappa shape index (κ1) is 13.1. The molecule has 3 N–H and O–H groups in total. The Kier molecular flexibility index (Phi) is 4.02. The minimum absolute atomic E-state index is 0.109. The summed E-state index contributed by atoms with van der Waals surface area (Å²) in [7, 11) is 0. The number of carbonyl (C=O) groups is 1. The molecule has 0 bridgehead atoms. The highest BCUT2D eigenvalue weighted by molar-refractivity contribution is 5.79. The minimum Gasteiger partial charge on any atom is -0.353 e. The highest BCUT2D eigenvalue weighted by Gasteiger charge is 2.22. The molecule has 18 heavy (non-hydrogen) atoms. The number of aryl methyl sites for hydroxylation is 2. The monoisotopic (exact) mass is 246 g/mol. The zero-order valence-corrected chi connectivity index (χ0v) is 11.2. The number of amides is 1. The van der Waals surface area contributed by atoms with Gasteiger partial charge in [0.15, 0.2) is 0 Å². The Bertz CT molecular complexity index is 442. The van der Waals surface area contributed by atoms with Crippen LogP contribution in [0.5, 0.6) is 0 Å². The molecule has 1 aliphatic rings. The second-order valence-electron chi connectivity index (χ2n) is 5.43. The summed E-state index contributed by atoms with van der Waals surface area (Å²) in [4.78, 5) is 11.9. The zero-order valence-electron chi connectivity index (χ0n) is 11.2. The van der Waals surface area contributed by atoms with Crippen LogP contribution in [0.3, 0.4) is 0 Å². The lowest BCUT2D eigenvalue weighted by Gasteiger charge is -2.12. The van der Waals surface area contributed by atoms with E-state index in [1.807, 2.05) is 6.07 Å². The van der Waals surface area contributed by atoms with Crippen molar-refractivity contribution in [2.45, 2.75) is 51.6 Å². The lowest BCUT2D eigenvalue weighted by atomic mass is 10.0. The van der Waals surface area contributed by atoms with Gasteiger partial charge in [-0.15, -0.1) is 0 Å². The molecule has 3 nitrogen and oxygen atoms in total. The van der Waals surface area contributed by atoms with Gasteiger partial charge < -0.3 is 11.1 Å². The third-order valence-corrected chi connectivity index (χ3v) is 3.77. The molecule has 1 aromatic carbocycles. The fourth-order valence-corrected chi connectivity index (χ4v) is 2.53. The number of hydrogen-bond acceptors (Lipinski definition) is 2. The van der Waals surface area contributed by atoms with E-state index in [1.54, 1.807) is 0 Å². The molecule has 3 heteroatoms. The van der Waals surface area contributed by atoms with E-state index in [0.717, 1.165) is 24.8 Å². The van der Waals surface area contributed by atoms with Crippen molar-refractivity contribution >= 4 is 5.91 Å².